The second-order valence-electron chi connectivity index (χ2n) is 6.65. The van der Waals surface area contributed by atoms with Gasteiger partial charge in [0.25, 0.3) is 0 Å². The Labute approximate surface area is 180 Å². The van der Waals surface area contributed by atoms with Crippen LogP contribution in [-0.4, -0.2) is 12.1 Å². The number of benzene rings is 3. The fraction of sp³-hybridized carbons (Fsp3) is 0.136. The minimum atomic E-state index is -4.80. The maximum atomic E-state index is 14.9. The summed E-state index contributed by atoms with van der Waals surface area (Å²) in [6.45, 7) is 0. The van der Waals surface area contributed by atoms with E-state index in [1.54, 1.807) is 18.2 Å². The van der Waals surface area contributed by atoms with E-state index in [0.717, 1.165) is 12.1 Å². The lowest BCUT2D eigenvalue weighted by Crippen LogP contribution is -2.45. The van der Waals surface area contributed by atoms with Gasteiger partial charge in [-0.1, -0.05) is 59.6 Å². The molecule has 0 fully saturated rings. The zero-order chi connectivity index (χ0) is 21.9. The molecule has 1 N–H and O–H groups in total. The first kappa shape index (κ1) is 22.1. The molecule has 3 rings (SSSR count). The first-order valence-electron chi connectivity index (χ1n) is 8.77. The van der Waals surface area contributed by atoms with Crippen molar-refractivity contribution in [2.75, 3.05) is 5.32 Å². The van der Waals surface area contributed by atoms with Crippen LogP contribution < -0.4 is 5.32 Å². The van der Waals surface area contributed by atoms with Gasteiger partial charge in [0.1, 0.15) is 11.2 Å². The number of nitrogens with one attached hydrogen (secondary N) is 1. The molecule has 0 aliphatic rings. The fourth-order valence-electron chi connectivity index (χ4n) is 3.34. The molecule has 0 aliphatic carbocycles. The van der Waals surface area contributed by atoms with Crippen molar-refractivity contribution in [3.63, 3.8) is 0 Å². The van der Waals surface area contributed by atoms with E-state index in [9.17, 15) is 22.4 Å². The number of rotatable bonds is 5. The zero-order valence-electron chi connectivity index (χ0n) is 15.3. The number of hydrogen-bond donors (Lipinski definition) is 1. The Balaban J connectivity index is 2.29. The highest BCUT2D eigenvalue weighted by atomic mass is 35.5. The molecule has 3 aromatic carbocycles. The minimum Gasteiger partial charge on any atom is -0.325 e. The molecule has 0 spiro atoms. The fourth-order valence-corrected chi connectivity index (χ4v) is 3.69. The summed E-state index contributed by atoms with van der Waals surface area (Å²) in [6, 6.07) is 16.6. The lowest BCUT2D eigenvalue weighted by Gasteiger charge is -2.35. The van der Waals surface area contributed by atoms with Crippen LogP contribution >= 0.6 is 23.2 Å². The van der Waals surface area contributed by atoms with Crippen molar-refractivity contribution in [1.29, 1.82) is 0 Å². The van der Waals surface area contributed by atoms with Gasteiger partial charge in [0.15, 0.2) is 0 Å². The molecule has 0 saturated carbocycles. The summed E-state index contributed by atoms with van der Waals surface area (Å²) in [5.74, 6) is -2.08. The van der Waals surface area contributed by atoms with E-state index in [0.29, 0.717) is 0 Å². The van der Waals surface area contributed by atoms with Gasteiger partial charge >= 0.3 is 6.18 Å². The molecule has 0 aromatic heterocycles. The summed E-state index contributed by atoms with van der Waals surface area (Å²) in [6.07, 6.45) is -6.44. The lowest BCUT2D eigenvalue weighted by molar-refractivity contribution is -0.153. The third-order valence-corrected chi connectivity index (χ3v) is 5.06. The summed E-state index contributed by atoms with van der Waals surface area (Å²) in [7, 11) is 0. The van der Waals surface area contributed by atoms with Gasteiger partial charge in [0.2, 0.25) is 5.91 Å². The van der Waals surface area contributed by atoms with Crippen LogP contribution in [-0.2, 0) is 10.2 Å². The van der Waals surface area contributed by atoms with E-state index in [1.807, 2.05) is 0 Å². The van der Waals surface area contributed by atoms with Gasteiger partial charge in [0, 0.05) is 21.3 Å². The van der Waals surface area contributed by atoms with E-state index >= 15 is 0 Å². The lowest BCUT2D eigenvalue weighted by atomic mass is 9.70. The number of halogens is 6. The summed E-state index contributed by atoms with van der Waals surface area (Å²) in [5.41, 5.74) is -2.72. The summed E-state index contributed by atoms with van der Waals surface area (Å²) in [5, 5.41) is 2.59. The molecule has 0 saturated heterocycles. The quantitative estimate of drug-likeness (QED) is 0.411. The highest BCUT2D eigenvalue weighted by molar-refractivity contribution is 6.31. The Morgan fingerprint density at radius 2 is 1.53 bits per heavy atom. The Bertz CT molecular complexity index is 1060. The van der Waals surface area contributed by atoms with Crippen LogP contribution in [0.4, 0.5) is 23.2 Å². The van der Waals surface area contributed by atoms with Crippen molar-refractivity contribution in [2.45, 2.75) is 18.0 Å². The summed E-state index contributed by atoms with van der Waals surface area (Å²) < 4.78 is 56.3. The minimum absolute atomic E-state index is 0.00767. The number of carbonyl (C=O) groups is 1. The molecule has 0 heterocycles. The smallest absolute Gasteiger partial charge is 0.325 e. The van der Waals surface area contributed by atoms with Gasteiger partial charge in [-0.05, 0) is 42.0 Å². The predicted molar refractivity (Wildman–Crippen MR) is 109 cm³/mol. The van der Waals surface area contributed by atoms with E-state index in [4.69, 9.17) is 23.2 Å². The van der Waals surface area contributed by atoms with Gasteiger partial charge in [-0.3, -0.25) is 4.79 Å². The maximum Gasteiger partial charge on any atom is 0.390 e. The molecule has 0 bridgehead atoms. The molecule has 156 valence electrons. The van der Waals surface area contributed by atoms with Crippen molar-refractivity contribution in [1.82, 2.24) is 0 Å². The van der Waals surface area contributed by atoms with Crippen LogP contribution in [0.2, 0.25) is 10.0 Å². The molecule has 1 atom stereocenters. The predicted octanol–water partition coefficient (Wildman–Crippen LogP) is 7.01. The first-order chi connectivity index (χ1) is 14.1. The molecular weight excluding hydrogens is 441 g/mol. The molecule has 1 amide bonds. The van der Waals surface area contributed by atoms with Gasteiger partial charge in [-0.2, -0.15) is 13.2 Å². The van der Waals surface area contributed by atoms with Gasteiger partial charge in [0.05, 0.1) is 6.42 Å². The topological polar surface area (TPSA) is 29.1 Å². The van der Waals surface area contributed by atoms with Crippen molar-refractivity contribution < 1.29 is 22.4 Å². The highest BCUT2D eigenvalue weighted by Crippen LogP contribution is 2.45. The SMILES string of the molecule is O=C(Nc1ccccc1)[C@@](CC(F)(F)F)(c1cccc(Cl)c1)c1ccc(Cl)cc1F. The second kappa shape index (κ2) is 8.66. The average molecular weight is 456 g/mol. The van der Waals surface area contributed by atoms with Crippen molar-refractivity contribution >= 4 is 34.8 Å². The maximum absolute atomic E-state index is 14.9. The van der Waals surface area contributed by atoms with Crippen molar-refractivity contribution in [2.24, 2.45) is 0 Å². The van der Waals surface area contributed by atoms with E-state index in [-0.39, 0.29) is 21.3 Å². The number of amides is 1. The van der Waals surface area contributed by atoms with Crippen LogP contribution in [0.1, 0.15) is 17.5 Å². The number of carbonyl (C=O) groups excluding carboxylic acids is 1. The van der Waals surface area contributed by atoms with Gasteiger partial charge < -0.3 is 5.32 Å². The first-order valence-corrected chi connectivity index (χ1v) is 9.52. The van der Waals surface area contributed by atoms with Crippen LogP contribution in [0.3, 0.4) is 0 Å². The number of anilines is 1. The van der Waals surface area contributed by atoms with Crippen LogP contribution in [0.25, 0.3) is 0 Å². The number of para-hydroxylation sites is 1. The molecule has 2 nitrogen and oxygen atoms in total. The Kier molecular flexibility index (Phi) is 6.38. The van der Waals surface area contributed by atoms with E-state index in [2.05, 4.69) is 5.32 Å². The largest absolute Gasteiger partial charge is 0.390 e. The van der Waals surface area contributed by atoms with Crippen LogP contribution in [0.5, 0.6) is 0 Å². The van der Waals surface area contributed by atoms with Gasteiger partial charge in [-0.25, -0.2) is 4.39 Å². The monoisotopic (exact) mass is 455 g/mol. The molecule has 0 radical (unpaired) electrons. The number of alkyl halides is 3. The van der Waals surface area contributed by atoms with Crippen LogP contribution in [0.15, 0.2) is 72.8 Å². The molecule has 30 heavy (non-hydrogen) atoms. The second-order valence-corrected chi connectivity index (χ2v) is 7.52. The Morgan fingerprint density at radius 1 is 0.867 bits per heavy atom. The average Bonchev–Trinajstić information content (AvgIpc) is 2.66. The van der Waals surface area contributed by atoms with Crippen molar-refractivity contribution in [3.05, 3.63) is 99.8 Å². The zero-order valence-corrected chi connectivity index (χ0v) is 16.8. The molecule has 3 aromatic rings. The highest BCUT2D eigenvalue weighted by Gasteiger charge is 2.51. The Morgan fingerprint density at radius 3 is 2.13 bits per heavy atom. The van der Waals surface area contributed by atoms with Gasteiger partial charge in [-0.15, -0.1) is 0 Å². The van der Waals surface area contributed by atoms with Crippen molar-refractivity contribution in [3.8, 4) is 0 Å². The normalized spacial score (nSPS) is 13.5. The third kappa shape index (κ3) is 4.77. The number of hydrogen-bond acceptors (Lipinski definition) is 1. The molecular formula is C22H15Cl2F4NO. The van der Waals surface area contributed by atoms with Crippen LogP contribution in [0, 0.1) is 5.82 Å². The third-order valence-electron chi connectivity index (χ3n) is 4.59. The standard InChI is InChI=1S/C22H15Cl2F4NO/c23-15-6-4-5-14(11-15)21(13-22(26,27)28,18-10-9-16(24)12-19(18)25)20(30)29-17-7-2-1-3-8-17/h1-12H,13H2,(H,29,30)/t21-/m0/s1. The Hall–Kier alpha value is -2.57. The molecule has 0 aliphatic heterocycles. The summed E-state index contributed by atoms with van der Waals surface area (Å²) >= 11 is 11.8. The molecule has 8 heteroatoms. The molecule has 0 unspecified atom stereocenters. The van der Waals surface area contributed by atoms with E-state index in [1.165, 1.54) is 42.5 Å². The van der Waals surface area contributed by atoms with E-state index < -0.39 is 35.3 Å². The summed E-state index contributed by atoms with van der Waals surface area (Å²) in [4.78, 5) is 13.4.